The number of aromatic nitrogens is 2. The average molecular weight is 150 g/mol. The highest BCUT2D eigenvalue weighted by molar-refractivity contribution is 5.73. The summed E-state index contributed by atoms with van der Waals surface area (Å²) in [5, 5.41) is 3.96. The van der Waals surface area contributed by atoms with Crippen molar-refractivity contribution in [2.24, 2.45) is 0 Å². The van der Waals surface area contributed by atoms with Gasteiger partial charge in [-0.05, 0) is 6.42 Å². The minimum Gasteiger partial charge on any atom is -0.298 e. The van der Waals surface area contributed by atoms with E-state index >= 15 is 0 Å². The molecular weight excluding hydrogens is 140 g/mol. The number of carbonyl (C=O) groups excluding carboxylic acids is 1. The Morgan fingerprint density at radius 2 is 2.55 bits per heavy atom. The summed E-state index contributed by atoms with van der Waals surface area (Å²) in [6, 6.07) is 0. The molecule has 58 valence electrons. The van der Waals surface area contributed by atoms with Crippen molar-refractivity contribution >= 4 is 6.29 Å². The highest BCUT2D eigenvalue weighted by atomic mass is 16.1. The number of hydrogen-bond donors (Lipinski definition) is 0. The molecule has 0 atom stereocenters. The van der Waals surface area contributed by atoms with Crippen molar-refractivity contribution in [2.75, 3.05) is 0 Å². The standard InChI is InChI=1S/C8H10N2O/c1-2-3-4-10-6-8(7-11)5-9-10/h2,5-7H,1,3-4H2. The van der Waals surface area contributed by atoms with Crippen LogP contribution in [0.15, 0.2) is 25.0 Å². The summed E-state index contributed by atoms with van der Waals surface area (Å²) in [5.41, 5.74) is 0.620. The molecule has 11 heavy (non-hydrogen) atoms. The van der Waals surface area contributed by atoms with E-state index in [1.54, 1.807) is 17.1 Å². The number of carbonyl (C=O) groups is 1. The van der Waals surface area contributed by atoms with E-state index in [1.165, 1.54) is 0 Å². The monoisotopic (exact) mass is 150 g/mol. The maximum atomic E-state index is 10.2. The van der Waals surface area contributed by atoms with Crippen LogP contribution in [0.3, 0.4) is 0 Å². The SMILES string of the molecule is C=CCCn1cc(C=O)cn1. The Balaban J connectivity index is 2.57. The predicted octanol–water partition coefficient (Wildman–Crippen LogP) is 1.27. The minimum absolute atomic E-state index is 0.620. The van der Waals surface area contributed by atoms with Crippen LogP contribution in [0.4, 0.5) is 0 Å². The predicted molar refractivity (Wildman–Crippen MR) is 42.4 cm³/mol. The first-order valence-electron chi connectivity index (χ1n) is 3.45. The first-order valence-corrected chi connectivity index (χ1v) is 3.45. The van der Waals surface area contributed by atoms with Crippen molar-refractivity contribution in [3.8, 4) is 0 Å². The Morgan fingerprint density at radius 3 is 3.09 bits per heavy atom. The summed E-state index contributed by atoms with van der Waals surface area (Å²) < 4.78 is 1.73. The lowest BCUT2D eigenvalue weighted by Gasteiger charge is -1.94. The number of aryl methyl sites for hydroxylation is 1. The third-order valence-electron chi connectivity index (χ3n) is 1.35. The van der Waals surface area contributed by atoms with E-state index in [9.17, 15) is 4.79 Å². The first kappa shape index (κ1) is 7.72. The van der Waals surface area contributed by atoms with Gasteiger partial charge in [-0.1, -0.05) is 6.08 Å². The molecule has 0 saturated heterocycles. The normalized spacial score (nSPS) is 9.45. The van der Waals surface area contributed by atoms with Crippen LogP contribution in [0, 0.1) is 0 Å². The molecule has 0 aliphatic heterocycles. The molecule has 0 fully saturated rings. The third-order valence-corrected chi connectivity index (χ3v) is 1.35. The fraction of sp³-hybridized carbons (Fsp3) is 0.250. The van der Waals surface area contributed by atoms with Gasteiger partial charge in [0.2, 0.25) is 0 Å². The van der Waals surface area contributed by atoms with Crippen molar-refractivity contribution in [1.29, 1.82) is 0 Å². The van der Waals surface area contributed by atoms with Crippen LogP contribution in [0.2, 0.25) is 0 Å². The van der Waals surface area contributed by atoms with E-state index in [4.69, 9.17) is 0 Å². The van der Waals surface area contributed by atoms with Gasteiger partial charge in [-0.3, -0.25) is 9.48 Å². The van der Waals surface area contributed by atoms with Crippen molar-refractivity contribution in [3.05, 3.63) is 30.6 Å². The minimum atomic E-state index is 0.620. The molecule has 0 spiro atoms. The Bertz CT molecular complexity index is 252. The van der Waals surface area contributed by atoms with Gasteiger partial charge in [0.15, 0.2) is 6.29 Å². The van der Waals surface area contributed by atoms with E-state index in [0.717, 1.165) is 19.3 Å². The second-order valence-electron chi connectivity index (χ2n) is 2.23. The molecular formula is C8H10N2O. The Labute approximate surface area is 65.3 Å². The molecule has 0 aliphatic rings. The number of allylic oxidation sites excluding steroid dienone is 1. The maximum Gasteiger partial charge on any atom is 0.153 e. The van der Waals surface area contributed by atoms with Crippen molar-refractivity contribution in [3.63, 3.8) is 0 Å². The maximum absolute atomic E-state index is 10.2. The summed E-state index contributed by atoms with van der Waals surface area (Å²) in [6.07, 6.45) is 6.76. The Hall–Kier alpha value is -1.38. The van der Waals surface area contributed by atoms with Crippen LogP contribution in [0.5, 0.6) is 0 Å². The van der Waals surface area contributed by atoms with Gasteiger partial charge >= 0.3 is 0 Å². The zero-order valence-corrected chi connectivity index (χ0v) is 6.23. The van der Waals surface area contributed by atoms with Crippen molar-refractivity contribution in [2.45, 2.75) is 13.0 Å². The van der Waals surface area contributed by atoms with Crippen LogP contribution in [0.1, 0.15) is 16.8 Å². The molecule has 0 amide bonds. The highest BCUT2D eigenvalue weighted by Crippen LogP contribution is 1.94. The number of nitrogens with zero attached hydrogens (tertiary/aromatic N) is 2. The summed E-state index contributed by atoms with van der Waals surface area (Å²) in [5.74, 6) is 0. The van der Waals surface area contributed by atoms with Crippen molar-refractivity contribution in [1.82, 2.24) is 9.78 Å². The van der Waals surface area contributed by atoms with E-state index in [-0.39, 0.29) is 0 Å². The van der Waals surface area contributed by atoms with Crippen LogP contribution in [-0.2, 0) is 6.54 Å². The molecule has 3 heteroatoms. The molecule has 1 heterocycles. The molecule has 0 N–H and O–H groups in total. The topological polar surface area (TPSA) is 34.9 Å². The summed E-state index contributed by atoms with van der Waals surface area (Å²) in [6.45, 7) is 4.38. The second-order valence-corrected chi connectivity index (χ2v) is 2.23. The van der Waals surface area contributed by atoms with Gasteiger partial charge in [0.1, 0.15) is 0 Å². The van der Waals surface area contributed by atoms with Gasteiger partial charge < -0.3 is 0 Å². The summed E-state index contributed by atoms with van der Waals surface area (Å²) in [4.78, 5) is 10.2. The lowest BCUT2D eigenvalue weighted by Crippen LogP contribution is -1.96. The van der Waals surface area contributed by atoms with Gasteiger partial charge in [0, 0.05) is 12.7 Å². The number of hydrogen-bond acceptors (Lipinski definition) is 2. The quantitative estimate of drug-likeness (QED) is 0.478. The molecule has 0 aliphatic carbocycles. The Morgan fingerprint density at radius 1 is 1.73 bits per heavy atom. The molecule has 0 radical (unpaired) electrons. The number of aldehydes is 1. The van der Waals surface area contributed by atoms with Gasteiger partial charge in [-0.2, -0.15) is 5.10 Å². The molecule has 1 rings (SSSR count). The zero-order valence-electron chi connectivity index (χ0n) is 6.23. The van der Waals surface area contributed by atoms with E-state index in [1.807, 2.05) is 6.08 Å². The van der Waals surface area contributed by atoms with Gasteiger partial charge in [0.25, 0.3) is 0 Å². The highest BCUT2D eigenvalue weighted by Gasteiger charge is 1.93. The largest absolute Gasteiger partial charge is 0.298 e. The van der Waals surface area contributed by atoms with E-state index in [0.29, 0.717) is 5.56 Å². The first-order chi connectivity index (χ1) is 5.36. The molecule has 1 aromatic heterocycles. The molecule has 0 unspecified atom stereocenters. The van der Waals surface area contributed by atoms with Crippen LogP contribution >= 0.6 is 0 Å². The van der Waals surface area contributed by atoms with Gasteiger partial charge in [-0.15, -0.1) is 6.58 Å². The van der Waals surface area contributed by atoms with Gasteiger partial charge in [0.05, 0.1) is 11.8 Å². The summed E-state index contributed by atoms with van der Waals surface area (Å²) >= 11 is 0. The van der Waals surface area contributed by atoms with Gasteiger partial charge in [-0.25, -0.2) is 0 Å². The van der Waals surface area contributed by atoms with Crippen molar-refractivity contribution < 1.29 is 4.79 Å². The lowest BCUT2D eigenvalue weighted by molar-refractivity contribution is 0.112. The molecule has 0 bridgehead atoms. The third kappa shape index (κ3) is 2.04. The lowest BCUT2D eigenvalue weighted by atomic mass is 10.4. The smallest absolute Gasteiger partial charge is 0.153 e. The average Bonchev–Trinajstić information content (AvgIpc) is 2.48. The fourth-order valence-corrected chi connectivity index (χ4v) is 0.786. The molecule has 0 aromatic carbocycles. The molecule has 1 aromatic rings. The number of rotatable bonds is 4. The second kappa shape index (κ2) is 3.71. The van der Waals surface area contributed by atoms with Crippen LogP contribution in [-0.4, -0.2) is 16.1 Å². The van der Waals surface area contributed by atoms with E-state index < -0.39 is 0 Å². The fourth-order valence-electron chi connectivity index (χ4n) is 0.786. The van der Waals surface area contributed by atoms with E-state index in [2.05, 4.69) is 11.7 Å². The Kier molecular flexibility index (Phi) is 2.60. The summed E-state index contributed by atoms with van der Waals surface area (Å²) in [7, 11) is 0. The van der Waals surface area contributed by atoms with Crippen LogP contribution < -0.4 is 0 Å². The van der Waals surface area contributed by atoms with Crippen LogP contribution in [0.25, 0.3) is 0 Å². The molecule has 3 nitrogen and oxygen atoms in total. The molecule has 0 saturated carbocycles. The zero-order chi connectivity index (χ0) is 8.10.